The second kappa shape index (κ2) is 7.86. The Labute approximate surface area is 140 Å². The second-order valence-electron chi connectivity index (χ2n) is 5.69. The van der Waals surface area contributed by atoms with Crippen molar-refractivity contribution in [2.75, 3.05) is 13.2 Å². The van der Waals surface area contributed by atoms with Crippen LogP contribution < -0.4 is 0 Å². The van der Waals surface area contributed by atoms with Crippen molar-refractivity contribution in [1.29, 1.82) is 0 Å². The molecule has 3 aromatic rings. The van der Waals surface area contributed by atoms with Crippen LogP contribution in [0.4, 0.5) is 4.39 Å². The molecule has 0 aliphatic carbocycles. The van der Waals surface area contributed by atoms with Crippen LogP contribution >= 0.6 is 0 Å². The van der Waals surface area contributed by atoms with Gasteiger partial charge in [0.15, 0.2) is 0 Å². The molecule has 3 rings (SSSR count). The quantitative estimate of drug-likeness (QED) is 0.726. The van der Waals surface area contributed by atoms with Crippen LogP contribution in [0.15, 0.2) is 67.0 Å². The molecule has 0 fully saturated rings. The van der Waals surface area contributed by atoms with E-state index in [0.717, 1.165) is 17.8 Å². The Balaban J connectivity index is 1.70. The zero-order valence-corrected chi connectivity index (χ0v) is 13.3. The molecule has 0 radical (unpaired) electrons. The molecular weight excluding hydrogens is 305 g/mol. The smallest absolute Gasteiger partial charge is 0.123 e. The van der Waals surface area contributed by atoms with Crippen molar-refractivity contribution >= 4 is 0 Å². The van der Waals surface area contributed by atoms with Crippen LogP contribution in [0.25, 0.3) is 5.69 Å². The first-order valence-corrected chi connectivity index (χ1v) is 7.91. The van der Waals surface area contributed by atoms with Crippen LogP contribution in [0, 0.1) is 5.82 Å². The molecule has 0 saturated heterocycles. The Morgan fingerprint density at radius 3 is 2.38 bits per heavy atom. The number of nitrogens with zero attached hydrogens (tertiary/aromatic N) is 3. The standard InChI is InChI=1S/C19H20FN3O/c20-18-6-8-19(9-7-18)23-15-17(12-21-23)14-22(10-11-24)13-16-4-2-1-3-5-16/h1-9,12,15,24H,10-11,13-14H2. The Morgan fingerprint density at radius 1 is 0.958 bits per heavy atom. The first-order chi connectivity index (χ1) is 11.7. The zero-order chi connectivity index (χ0) is 16.8. The predicted octanol–water partition coefficient (Wildman–Crippen LogP) is 3.01. The van der Waals surface area contributed by atoms with E-state index in [4.69, 9.17) is 0 Å². The van der Waals surface area contributed by atoms with E-state index in [1.807, 2.05) is 24.4 Å². The van der Waals surface area contributed by atoms with Crippen molar-refractivity contribution in [3.63, 3.8) is 0 Å². The van der Waals surface area contributed by atoms with E-state index >= 15 is 0 Å². The van der Waals surface area contributed by atoms with Gasteiger partial charge in [0.1, 0.15) is 5.82 Å². The minimum Gasteiger partial charge on any atom is -0.395 e. The number of hydrogen-bond acceptors (Lipinski definition) is 3. The fourth-order valence-electron chi connectivity index (χ4n) is 2.63. The molecule has 0 aliphatic rings. The molecule has 0 saturated carbocycles. The Morgan fingerprint density at radius 2 is 1.67 bits per heavy atom. The third-order valence-electron chi connectivity index (χ3n) is 3.80. The number of benzene rings is 2. The molecule has 124 valence electrons. The lowest BCUT2D eigenvalue weighted by atomic mass is 10.2. The lowest BCUT2D eigenvalue weighted by Gasteiger charge is -2.20. The van der Waals surface area contributed by atoms with Gasteiger partial charge in [0.25, 0.3) is 0 Å². The number of halogens is 1. The van der Waals surface area contributed by atoms with E-state index in [1.165, 1.54) is 17.7 Å². The Bertz CT molecular complexity index is 756. The highest BCUT2D eigenvalue weighted by Gasteiger charge is 2.09. The summed E-state index contributed by atoms with van der Waals surface area (Å²) in [5.41, 5.74) is 3.07. The molecule has 2 aromatic carbocycles. The first-order valence-electron chi connectivity index (χ1n) is 7.91. The molecule has 0 spiro atoms. The summed E-state index contributed by atoms with van der Waals surface area (Å²) in [5.74, 6) is -0.261. The van der Waals surface area contributed by atoms with Gasteiger partial charge in [-0.3, -0.25) is 4.90 Å². The van der Waals surface area contributed by atoms with Crippen LogP contribution in [0.2, 0.25) is 0 Å². The minimum absolute atomic E-state index is 0.110. The van der Waals surface area contributed by atoms with Crippen molar-refractivity contribution in [2.45, 2.75) is 13.1 Å². The summed E-state index contributed by atoms with van der Waals surface area (Å²) in [4.78, 5) is 2.17. The van der Waals surface area contributed by atoms with Gasteiger partial charge in [-0.05, 0) is 29.8 Å². The summed E-state index contributed by atoms with van der Waals surface area (Å²) in [7, 11) is 0. The number of aromatic nitrogens is 2. The topological polar surface area (TPSA) is 41.3 Å². The van der Waals surface area contributed by atoms with Gasteiger partial charge in [-0.2, -0.15) is 5.10 Å². The molecule has 1 N–H and O–H groups in total. The SMILES string of the molecule is OCCN(Cc1ccccc1)Cc1cnn(-c2ccc(F)cc2)c1. The van der Waals surface area contributed by atoms with Crippen LogP contribution in [0.1, 0.15) is 11.1 Å². The number of hydrogen-bond donors (Lipinski definition) is 1. The molecule has 5 heteroatoms. The van der Waals surface area contributed by atoms with E-state index in [2.05, 4.69) is 22.1 Å². The lowest BCUT2D eigenvalue weighted by molar-refractivity contribution is 0.184. The van der Waals surface area contributed by atoms with Crippen molar-refractivity contribution < 1.29 is 9.50 Å². The monoisotopic (exact) mass is 325 g/mol. The highest BCUT2D eigenvalue weighted by molar-refractivity contribution is 5.31. The fourth-order valence-corrected chi connectivity index (χ4v) is 2.63. The molecule has 0 amide bonds. The largest absolute Gasteiger partial charge is 0.395 e. The second-order valence-corrected chi connectivity index (χ2v) is 5.69. The molecule has 1 heterocycles. The molecule has 24 heavy (non-hydrogen) atoms. The zero-order valence-electron chi connectivity index (χ0n) is 13.3. The minimum atomic E-state index is -0.261. The van der Waals surface area contributed by atoms with E-state index in [9.17, 15) is 9.50 Å². The van der Waals surface area contributed by atoms with Crippen molar-refractivity contribution in [3.05, 3.63) is 83.9 Å². The summed E-state index contributed by atoms with van der Waals surface area (Å²) in [6.45, 7) is 2.16. The van der Waals surface area contributed by atoms with Crippen LogP contribution in [-0.4, -0.2) is 32.9 Å². The van der Waals surface area contributed by atoms with Gasteiger partial charge in [0.05, 0.1) is 18.5 Å². The molecule has 1 aromatic heterocycles. The lowest BCUT2D eigenvalue weighted by Crippen LogP contribution is -2.25. The number of rotatable bonds is 7. The van der Waals surface area contributed by atoms with E-state index in [1.54, 1.807) is 23.0 Å². The maximum absolute atomic E-state index is 13.0. The summed E-state index contributed by atoms with van der Waals surface area (Å²) in [6, 6.07) is 16.4. The van der Waals surface area contributed by atoms with Gasteiger partial charge < -0.3 is 5.11 Å². The average molecular weight is 325 g/mol. The maximum atomic E-state index is 13.0. The average Bonchev–Trinajstić information content (AvgIpc) is 3.05. The predicted molar refractivity (Wildman–Crippen MR) is 91.2 cm³/mol. The summed E-state index contributed by atoms with van der Waals surface area (Å²) >= 11 is 0. The third kappa shape index (κ3) is 4.28. The van der Waals surface area contributed by atoms with Crippen molar-refractivity contribution in [1.82, 2.24) is 14.7 Å². The number of aliphatic hydroxyl groups is 1. The van der Waals surface area contributed by atoms with Gasteiger partial charge in [-0.15, -0.1) is 0 Å². The summed E-state index contributed by atoms with van der Waals surface area (Å²) in [6.07, 6.45) is 3.74. The van der Waals surface area contributed by atoms with Crippen LogP contribution in [0.3, 0.4) is 0 Å². The molecule has 0 aliphatic heterocycles. The van der Waals surface area contributed by atoms with Crippen LogP contribution in [0.5, 0.6) is 0 Å². The van der Waals surface area contributed by atoms with Crippen molar-refractivity contribution in [3.8, 4) is 5.69 Å². The molecule has 0 atom stereocenters. The fraction of sp³-hybridized carbons (Fsp3) is 0.211. The first kappa shape index (κ1) is 16.4. The normalized spacial score (nSPS) is 11.1. The van der Waals surface area contributed by atoms with E-state index < -0.39 is 0 Å². The number of aliphatic hydroxyl groups excluding tert-OH is 1. The van der Waals surface area contributed by atoms with Gasteiger partial charge in [-0.25, -0.2) is 9.07 Å². The Kier molecular flexibility index (Phi) is 5.36. The highest BCUT2D eigenvalue weighted by atomic mass is 19.1. The molecule has 0 bridgehead atoms. The Hall–Kier alpha value is -2.50. The third-order valence-corrected chi connectivity index (χ3v) is 3.80. The van der Waals surface area contributed by atoms with E-state index in [0.29, 0.717) is 13.1 Å². The van der Waals surface area contributed by atoms with E-state index in [-0.39, 0.29) is 12.4 Å². The van der Waals surface area contributed by atoms with Gasteiger partial charge in [0, 0.05) is 31.4 Å². The maximum Gasteiger partial charge on any atom is 0.123 e. The molecule has 0 unspecified atom stereocenters. The van der Waals surface area contributed by atoms with Crippen LogP contribution in [-0.2, 0) is 13.1 Å². The van der Waals surface area contributed by atoms with Gasteiger partial charge in [-0.1, -0.05) is 30.3 Å². The van der Waals surface area contributed by atoms with Crippen molar-refractivity contribution in [2.24, 2.45) is 0 Å². The molecule has 4 nitrogen and oxygen atoms in total. The summed E-state index contributed by atoms with van der Waals surface area (Å²) in [5, 5.41) is 13.6. The highest BCUT2D eigenvalue weighted by Crippen LogP contribution is 2.13. The van der Waals surface area contributed by atoms with Gasteiger partial charge in [0.2, 0.25) is 0 Å². The van der Waals surface area contributed by atoms with Gasteiger partial charge >= 0.3 is 0 Å². The summed E-state index contributed by atoms with van der Waals surface area (Å²) < 4.78 is 14.7. The molecular formula is C19H20FN3O.